The maximum atomic E-state index is 8.49. The lowest BCUT2D eigenvalue weighted by molar-refractivity contribution is 0.316. The Morgan fingerprint density at radius 2 is 2.07 bits per heavy atom. The summed E-state index contributed by atoms with van der Waals surface area (Å²) < 4.78 is 0. The molecule has 0 bridgehead atoms. The highest BCUT2D eigenvalue weighted by atomic mass is 16.4. The Balaban J connectivity index is 2.65. The van der Waals surface area contributed by atoms with Crippen molar-refractivity contribution >= 4 is 11.5 Å². The zero-order chi connectivity index (χ0) is 11.3. The summed E-state index contributed by atoms with van der Waals surface area (Å²) in [6.07, 6.45) is 1.02. The van der Waals surface area contributed by atoms with Crippen LogP contribution in [0.3, 0.4) is 0 Å². The van der Waals surface area contributed by atoms with Gasteiger partial charge in [0.2, 0.25) is 0 Å². The van der Waals surface area contributed by atoms with E-state index >= 15 is 0 Å². The van der Waals surface area contributed by atoms with Crippen LogP contribution in [0.25, 0.3) is 0 Å². The van der Waals surface area contributed by atoms with E-state index in [2.05, 4.69) is 29.5 Å². The van der Waals surface area contributed by atoms with Gasteiger partial charge in [0, 0.05) is 5.69 Å². The summed E-state index contributed by atoms with van der Waals surface area (Å²) >= 11 is 0. The number of nitrogens with one attached hydrogen (secondary N) is 1. The van der Waals surface area contributed by atoms with Gasteiger partial charge in [-0.3, -0.25) is 0 Å². The van der Waals surface area contributed by atoms with Gasteiger partial charge in [-0.15, -0.1) is 0 Å². The molecule has 4 nitrogen and oxygen atoms in total. The molecule has 1 atom stereocenters. The van der Waals surface area contributed by atoms with Gasteiger partial charge in [0.05, 0.1) is 6.04 Å². The van der Waals surface area contributed by atoms with Crippen LogP contribution in [0, 0.1) is 0 Å². The second-order valence-corrected chi connectivity index (χ2v) is 3.44. The molecule has 0 fully saturated rings. The van der Waals surface area contributed by atoms with Crippen LogP contribution >= 0.6 is 0 Å². The molecule has 1 unspecified atom stereocenters. The van der Waals surface area contributed by atoms with Gasteiger partial charge in [0.1, 0.15) is 0 Å². The summed E-state index contributed by atoms with van der Waals surface area (Å²) in [4.78, 5) is 0. The van der Waals surface area contributed by atoms with Crippen LogP contribution in [0.4, 0.5) is 5.69 Å². The third-order valence-electron chi connectivity index (χ3n) is 2.30. The Labute approximate surface area is 89.8 Å². The lowest BCUT2D eigenvalue weighted by atomic mass is 10.1. The summed E-state index contributed by atoms with van der Waals surface area (Å²) in [5.74, 6) is 0.176. The second kappa shape index (κ2) is 5.24. The normalized spacial score (nSPS) is 13.6. The van der Waals surface area contributed by atoms with Crippen molar-refractivity contribution in [2.24, 2.45) is 10.9 Å². The van der Waals surface area contributed by atoms with Crippen LogP contribution in [0.1, 0.15) is 19.4 Å². The fourth-order valence-corrected chi connectivity index (χ4v) is 1.25. The summed E-state index contributed by atoms with van der Waals surface area (Å²) in [6.45, 7) is 3.95. The van der Waals surface area contributed by atoms with Gasteiger partial charge >= 0.3 is 0 Å². The molecule has 0 saturated heterocycles. The largest absolute Gasteiger partial charge is 0.409 e. The third-order valence-corrected chi connectivity index (χ3v) is 2.30. The third kappa shape index (κ3) is 3.16. The first kappa shape index (κ1) is 11.4. The number of anilines is 1. The molecular formula is C11H17N3O. The van der Waals surface area contributed by atoms with Gasteiger partial charge in [-0.05, 0) is 31.0 Å². The van der Waals surface area contributed by atoms with E-state index in [0.717, 1.165) is 12.1 Å². The van der Waals surface area contributed by atoms with Crippen LogP contribution in [0.15, 0.2) is 29.4 Å². The zero-order valence-electron chi connectivity index (χ0n) is 9.07. The fourth-order valence-electron chi connectivity index (χ4n) is 1.25. The first-order valence-electron chi connectivity index (χ1n) is 5.00. The predicted octanol–water partition coefficient (Wildman–Crippen LogP) is 1.80. The highest BCUT2D eigenvalue weighted by Gasteiger charge is 2.06. The Morgan fingerprint density at radius 1 is 1.47 bits per heavy atom. The number of rotatable bonds is 4. The molecule has 4 N–H and O–H groups in total. The molecule has 0 aliphatic heterocycles. The fraction of sp³-hybridized carbons (Fsp3) is 0.364. The maximum Gasteiger partial charge on any atom is 0.161 e. The number of aryl methyl sites for hydroxylation is 1. The quantitative estimate of drug-likeness (QED) is 0.305. The van der Waals surface area contributed by atoms with E-state index in [4.69, 9.17) is 10.9 Å². The van der Waals surface area contributed by atoms with E-state index in [-0.39, 0.29) is 11.9 Å². The van der Waals surface area contributed by atoms with Crippen LogP contribution < -0.4 is 11.1 Å². The van der Waals surface area contributed by atoms with E-state index in [1.165, 1.54) is 5.56 Å². The van der Waals surface area contributed by atoms with Crippen molar-refractivity contribution in [2.45, 2.75) is 26.3 Å². The van der Waals surface area contributed by atoms with Crippen LogP contribution in [0.2, 0.25) is 0 Å². The molecule has 15 heavy (non-hydrogen) atoms. The topological polar surface area (TPSA) is 70.6 Å². The minimum atomic E-state index is -0.178. The molecule has 1 rings (SSSR count). The Hall–Kier alpha value is -1.71. The number of nitrogens with two attached hydrogens (primary N) is 1. The first-order chi connectivity index (χ1) is 7.17. The summed E-state index contributed by atoms with van der Waals surface area (Å²) in [6, 6.07) is 7.91. The highest BCUT2D eigenvalue weighted by molar-refractivity contribution is 5.87. The number of benzene rings is 1. The standard InChI is InChI=1S/C11H17N3O/c1-3-9-4-6-10(7-5-9)13-8(2)11(12)14-15/h4-8,13,15H,3H2,1-2H3,(H2,12,14). The van der Waals surface area contributed by atoms with Crippen molar-refractivity contribution in [1.82, 2.24) is 0 Å². The van der Waals surface area contributed by atoms with E-state index in [0.29, 0.717) is 0 Å². The molecular weight excluding hydrogens is 190 g/mol. The molecule has 0 heterocycles. The lowest BCUT2D eigenvalue weighted by Gasteiger charge is -2.13. The average molecular weight is 207 g/mol. The van der Waals surface area contributed by atoms with Gasteiger partial charge in [-0.25, -0.2) is 0 Å². The number of amidine groups is 1. The molecule has 1 aromatic carbocycles. The second-order valence-electron chi connectivity index (χ2n) is 3.44. The lowest BCUT2D eigenvalue weighted by Crippen LogP contribution is -2.32. The van der Waals surface area contributed by atoms with E-state index < -0.39 is 0 Å². The Morgan fingerprint density at radius 3 is 2.53 bits per heavy atom. The molecule has 0 saturated carbocycles. The predicted molar refractivity (Wildman–Crippen MR) is 62.3 cm³/mol. The molecule has 0 spiro atoms. The molecule has 1 aromatic rings. The van der Waals surface area contributed by atoms with E-state index in [9.17, 15) is 0 Å². The molecule has 4 heteroatoms. The molecule has 0 aliphatic carbocycles. The summed E-state index contributed by atoms with van der Waals surface area (Å²) in [5, 5.41) is 14.6. The number of nitrogens with zero attached hydrogens (tertiary/aromatic N) is 1. The molecule has 0 aromatic heterocycles. The van der Waals surface area contributed by atoms with Crippen molar-refractivity contribution in [2.75, 3.05) is 5.32 Å². The van der Waals surface area contributed by atoms with Crippen LogP contribution in [-0.4, -0.2) is 17.1 Å². The maximum absolute atomic E-state index is 8.49. The number of hydrogen-bond donors (Lipinski definition) is 3. The van der Waals surface area contributed by atoms with Gasteiger partial charge in [-0.1, -0.05) is 24.2 Å². The summed E-state index contributed by atoms with van der Waals surface area (Å²) in [7, 11) is 0. The Bertz CT molecular complexity index is 332. The molecule has 0 aliphatic rings. The number of oxime groups is 1. The van der Waals surface area contributed by atoms with Crippen molar-refractivity contribution in [3.8, 4) is 0 Å². The van der Waals surface area contributed by atoms with Crippen molar-refractivity contribution in [1.29, 1.82) is 0 Å². The van der Waals surface area contributed by atoms with Crippen molar-refractivity contribution in [3.63, 3.8) is 0 Å². The van der Waals surface area contributed by atoms with Crippen LogP contribution in [0.5, 0.6) is 0 Å². The van der Waals surface area contributed by atoms with Crippen molar-refractivity contribution < 1.29 is 5.21 Å². The minimum Gasteiger partial charge on any atom is -0.409 e. The minimum absolute atomic E-state index is 0.176. The highest BCUT2D eigenvalue weighted by Crippen LogP contribution is 2.11. The van der Waals surface area contributed by atoms with Gasteiger partial charge in [0.25, 0.3) is 0 Å². The van der Waals surface area contributed by atoms with Crippen LogP contribution in [-0.2, 0) is 6.42 Å². The molecule has 0 radical (unpaired) electrons. The van der Waals surface area contributed by atoms with Gasteiger partial charge in [0.15, 0.2) is 5.84 Å². The average Bonchev–Trinajstić information content (AvgIpc) is 2.29. The first-order valence-corrected chi connectivity index (χ1v) is 5.00. The number of hydrogen-bond acceptors (Lipinski definition) is 3. The zero-order valence-corrected chi connectivity index (χ0v) is 9.07. The smallest absolute Gasteiger partial charge is 0.161 e. The SMILES string of the molecule is CCc1ccc(NC(C)C(N)=NO)cc1. The van der Waals surface area contributed by atoms with Gasteiger partial charge < -0.3 is 16.3 Å². The monoisotopic (exact) mass is 207 g/mol. The Kier molecular flexibility index (Phi) is 3.97. The molecule has 82 valence electrons. The van der Waals surface area contributed by atoms with E-state index in [1.807, 2.05) is 19.1 Å². The summed E-state index contributed by atoms with van der Waals surface area (Å²) in [5.41, 5.74) is 7.71. The van der Waals surface area contributed by atoms with E-state index in [1.54, 1.807) is 0 Å². The van der Waals surface area contributed by atoms with Gasteiger partial charge in [-0.2, -0.15) is 0 Å². The van der Waals surface area contributed by atoms with Crippen molar-refractivity contribution in [3.05, 3.63) is 29.8 Å². The molecule has 0 amide bonds.